The van der Waals surface area contributed by atoms with Crippen LogP contribution in [0.3, 0.4) is 0 Å². The summed E-state index contributed by atoms with van der Waals surface area (Å²) in [5, 5.41) is 2.92. The highest BCUT2D eigenvalue weighted by molar-refractivity contribution is 5.69. The maximum absolute atomic E-state index is 11.6. The minimum atomic E-state index is -0.380. The molecule has 19 heavy (non-hydrogen) atoms. The fourth-order valence-electron chi connectivity index (χ4n) is 2.11. The molecular formula is C14H19NO4. The molecule has 1 aliphatic rings. The van der Waals surface area contributed by atoms with E-state index in [4.69, 9.17) is 14.2 Å². The average molecular weight is 265 g/mol. The lowest BCUT2D eigenvalue weighted by atomic mass is 10.0. The van der Waals surface area contributed by atoms with Crippen molar-refractivity contribution in [1.29, 1.82) is 0 Å². The molecule has 1 aromatic rings. The number of amides is 1. The topological polar surface area (TPSA) is 56.8 Å². The number of rotatable bonds is 5. The molecule has 1 saturated carbocycles. The molecule has 1 N–H and O–H groups in total. The Morgan fingerprint density at radius 2 is 1.95 bits per heavy atom. The quantitative estimate of drug-likeness (QED) is 0.888. The zero-order valence-electron chi connectivity index (χ0n) is 11.5. The van der Waals surface area contributed by atoms with Crippen molar-refractivity contribution in [1.82, 2.24) is 5.32 Å². The summed E-state index contributed by atoms with van der Waals surface area (Å²) in [6.45, 7) is 2.16. The lowest BCUT2D eigenvalue weighted by Gasteiger charge is -2.19. The molecule has 0 bridgehead atoms. The normalized spacial score (nSPS) is 15.5. The van der Waals surface area contributed by atoms with E-state index in [1.54, 1.807) is 21.1 Å². The molecule has 0 atom stereocenters. The summed E-state index contributed by atoms with van der Waals surface area (Å²) >= 11 is 0. The van der Waals surface area contributed by atoms with Crippen molar-refractivity contribution in [3.05, 3.63) is 23.8 Å². The number of hydrogen-bond donors (Lipinski definition) is 1. The monoisotopic (exact) mass is 265 g/mol. The highest BCUT2D eigenvalue weighted by Gasteiger charge is 2.46. The fourth-order valence-corrected chi connectivity index (χ4v) is 2.11. The Balaban J connectivity index is 2.19. The molecule has 1 aromatic carbocycles. The van der Waals surface area contributed by atoms with E-state index in [0.29, 0.717) is 18.1 Å². The highest BCUT2D eigenvalue weighted by Crippen LogP contribution is 2.47. The van der Waals surface area contributed by atoms with Crippen LogP contribution in [0.5, 0.6) is 11.5 Å². The van der Waals surface area contributed by atoms with E-state index >= 15 is 0 Å². The van der Waals surface area contributed by atoms with Gasteiger partial charge < -0.3 is 19.5 Å². The van der Waals surface area contributed by atoms with Gasteiger partial charge in [0.25, 0.3) is 0 Å². The summed E-state index contributed by atoms with van der Waals surface area (Å²) < 4.78 is 15.4. The molecule has 104 valence electrons. The van der Waals surface area contributed by atoms with Crippen LogP contribution in [0.1, 0.15) is 25.3 Å². The first-order valence-corrected chi connectivity index (χ1v) is 6.32. The van der Waals surface area contributed by atoms with Gasteiger partial charge >= 0.3 is 6.09 Å². The molecule has 1 amide bonds. The number of nitrogens with one attached hydrogen (secondary N) is 1. The van der Waals surface area contributed by atoms with Crippen LogP contribution in [0.25, 0.3) is 0 Å². The van der Waals surface area contributed by atoms with Crippen LogP contribution in [0.15, 0.2) is 18.2 Å². The van der Waals surface area contributed by atoms with Gasteiger partial charge in [-0.1, -0.05) is 6.07 Å². The molecule has 2 rings (SSSR count). The number of carbonyl (C=O) groups is 1. The number of ether oxygens (including phenoxy) is 3. The van der Waals surface area contributed by atoms with Crippen LogP contribution in [0, 0.1) is 0 Å². The van der Waals surface area contributed by atoms with E-state index in [2.05, 4.69) is 5.32 Å². The molecule has 1 fully saturated rings. The van der Waals surface area contributed by atoms with Gasteiger partial charge in [-0.05, 0) is 37.5 Å². The Morgan fingerprint density at radius 1 is 1.26 bits per heavy atom. The number of alkyl carbamates (subject to hydrolysis) is 1. The average Bonchev–Trinajstić information content (AvgIpc) is 3.19. The molecule has 0 saturated heterocycles. The van der Waals surface area contributed by atoms with Crippen molar-refractivity contribution in [3.8, 4) is 11.5 Å². The third-order valence-electron chi connectivity index (χ3n) is 3.30. The highest BCUT2D eigenvalue weighted by atomic mass is 16.5. The zero-order chi connectivity index (χ0) is 13.9. The van der Waals surface area contributed by atoms with E-state index in [0.717, 1.165) is 18.4 Å². The molecule has 5 heteroatoms. The SMILES string of the molecule is CCOC(=O)NC1(c2ccc(OC)c(OC)c2)CC1. The van der Waals surface area contributed by atoms with Gasteiger partial charge in [0.1, 0.15) is 0 Å². The number of hydrogen-bond acceptors (Lipinski definition) is 4. The molecule has 0 heterocycles. The van der Waals surface area contributed by atoms with Crippen molar-refractivity contribution in [2.45, 2.75) is 25.3 Å². The van der Waals surface area contributed by atoms with Gasteiger partial charge in [0.15, 0.2) is 11.5 Å². The van der Waals surface area contributed by atoms with E-state index in [-0.39, 0.29) is 11.6 Å². The van der Waals surface area contributed by atoms with Crippen molar-refractivity contribution in [2.75, 3.05) is 20.8 Å². The van der Waals surface area contributed by atoms with Gasteiger partial charge in [-0.2, -0.15) is 0 Å². The predicted octanol–water partition coefficient (Wildman–Crippen LogP) is 2.44. The molecule has 0 aliphatic heterocycles. The summed E-state index contributed by atoms with van der Waals surface area (Å²) in [5.41, 5.74) is 0.699. The molecule has 0 spiro atoms. The van der Waals surface area contributed by atoms with Crippen molar-refractivity contribution in [3.63, 3.8) is 0 Å². The van der Waals surface area contributed by atoms with E-state index < -0.39 is 0 Å². The van der Waals surface area contributed by atoms with Crippen LogP contribution in [-0.2, 0) is 10.3 Å². The summed E-state index contributed by atoms with van der Waals surface area (Å²) in [5.74, 6) is 1.34. The van der Waals surface area contributed by atoms with Gasteiger partial charge in [0, 0.05) is 0 Å². The first-order valence-electron chi connectivity index (χ1n) is 6.32. The Hall–Kier alpha value is -1.91. The van der Waals surface area contributed by atoms with Crippen LogP contribution in [0.2, 0.25) is 0 Å². The standard InChI is InChI=1S/C14H19NO4/c1-4-19-13(16)15-14(7-8-14)10-5-6-11(17-2)12(9-10)18-3/h5-6,9H,4,7-8H2,1-3H3,(H,15,16). The molecule has 0 radical (unpaired) electrons. The van der Waals surface area contributed by atoms with Crippen LogP contribution in [-0.4, -0.2) is 26.9 Å². The molecule has 0 unspecified atom stereocenters. The van der Waals surface area contributed by atoms with Crippen LogP contribution in [0.4, 0.5) is 4.79 Å². The Labute approximate surface area is 112 Å². The van der Waals surface area contributed by atoms with E-state index in [9.17, 15) is 4.79 Å². The zero-order valence-corrected chi connectivity index (χ0v) is 11.5. The maximum atomic E-state index is 11.6. The van der Waals surface area contributed by atoms with Crippen molar-refractivity contribution in [2.24, 2.45) is 0 Å². The molecular weight excluding hydrogens is 246 g/mol. The lowest BCUT2D eigenvalue weighted by Crippen LogP contribution is -2.35. The van der Waals surface area contributed by atoms with Crippen molar-refractivity contribution < 1.29 is 19.0 Å². The minimum absolute atomic E-state index is 0.314. The Bertz CT molecular complexity index is 469. The number of benzene rings is 1. The van der Waals surface area contributed by atoms with Gasteiger partial charge in [-0.15, -0.1) is 0 Å². The van der Waals surface area contributed by atoms with E-state index in [1.165, 1.54) is 0 Å². The fraction of sp³-hybridized carbons (Fsp3) is 0.500. The van der Waals surface area contributed by atoms with Gasteiger partial charge in [-0.25, -0.2) is 4.79 Å². The second kappa shape index (κ2) is 5.38. The first-order chi connectivity index (χ1) is 9.15. The summed E-state index contributed by atoms with van der Waals surface area (Å²) in [6, 6.07) is 5.69. The second-order valence-corrected chi connectivity index (χ2v) is 4.50. The first kappa shape index (κ1) is 13.5. The predicted molar refractivity (Wildman–Crippen MR) is 70.6 cm³/mol. The summed E-state index contributed by atoms with van der Waals surface area (Å²) in [4.78, 5) is 11.6. The van der Waals surface area contributed by atoms with Gasteiger partial charge in [-0.3, -0.25) is 0 Å². The number of carbonyl (C=O) groups excluding carboxylic acids is 1. The summed E-state index contributed by atoms with van der Waals surface area (Å²) in [6.07, 6.45) is 1.43. The van der Waals surface area contributed by atoms with Crippen LogP contribution < -0.4 is 14.8 Å². The lowest BCUT2D eigenvalue weighted by molar-refractivity contribution is 0.146. The third-order valence-corrected chi connectivity index (χ3v) is 3.30. The smallest absolute Gasteiger partial charge is 0.407 e. The Kier molecular flexibility index (Phi) is 3.83. The molecule has 0 aromatic heterocycles. The maximum Gasteiger partial charge on any atom is 0.407 e. The summed E-state index contributed by atoms with van der Waals surface area (Å²) in [7, 11) is 3.20. The largest absolute Gasteiger partial charge is 0.493 e. The van der Waals surface area contributed by atoms with Crippen LogP contribution >= 0.6 is 0 Å². The second-order valence-electron chi connectivity index (χ2n) is 4.50. The van der Waals surface area contributed by atoms with Gasteiger partial charge in [0.05, 0.1) is 26.4 Å². The Morgan fingerprint density at radius 3 is 2.47 bits per heavy atom. The third kappa shape index (κ3) is 2.75. The molecule has 5 nitrogen and oxygen atoms in total. The van der Waals surface area contributed by atoms with Crippen molar-refractivity contribution >= 4 is 6.09 Å². The number of methoxy groups -OCH3 is 2. The minimum Gasteiger partial charge on any atom is -0.493 e. The van der Waals surface area contributed by atoms with Gasteiger partial charge in [0.2, 0.25) is 0 Å². The molecule has 1 aliphatic carbocycles. The van der Waals surface area contributed by atoms with E-state index in [1.807, 2.05) is 18.2 Å².